The van der Waals surface area contributed by atoms with E-state index in [1.807, 2.05) is 6.07 Å². The van der Waals surface area contributed by atoms with Crippen molar-refractivity contribution >= 4 is 5.78 Å². The van der Waals surface area contributed by atoms with Gasteiger partial charge in [-0.2, -0.15) is 0 Å². The van der Waals surface area contributed by atoms with Crippen molar-refractivity contribution in [1.29, 1.82) is 0 Å². The molecule has 0 saturated heterocycles. The maximum atomic E-state index is 12.3. The summed E-state index contributed by atoms with van der Waals surface area (Å²) in [6.45, 7) is 0. The Balaban J connectivity index is 2.11. The number of carbonyl (C=O) groups excluding carboxylic acids is 1. The van der Waals surface area contributed by atoms with Gasteiger partial charge in [0.1, 0.15) is 5.75 Å². The van der Waals surface area contributed by atoms with E-state index in [-0.39, 0.29) is 5.56 Å². The van der Waals surface area contributed by atoms with Gasteiger partial charge in [-0.05, 0) is 17.7 Å². The molecule has 1 heterocycles. The maximum absolute atomic E-state index is 12.3. The highest BCUT2D eigenvalue weighted by molar-refractivity contribution is 6.03. The zero-order chi connectivity index (χ0) is 14.1. The van der Waals surface area contributed by atoms with Crippen molar-refractivity contribution < 1.29 is 14.5 Å². The van der Waals surface area contributed by atoms with Crippen LogP contribution in [0.5, 0.6) is 5.75 Å². The first-order valence-corrected chi connectivity index (χ1v) is 6.17. The Morgan fingerprint density at radius 3 is 2.35 bits per heavy atom. The summed E-state index contributed by atoms with van der Waals surface area (Å²) in [5, 5.41) is 11.3. The Bertz CT molecular complexity index is 669. The van der Waals surface area contributed by atoms with E-state index >= 15 is 0 Å². The number of hydrogen-bond acceptors (Lipinski definition) is 4. The minimum absolute atomic E-state index is 0.265. The molecule has 100 valence electrons. The second-order valence-corrected chi connectivity index (χ2v) is 4.54. The smallest absolute Gasteiger partial charge is 0.315 e. The monoisotopic (exact) mass is 269 g/mol. The highest BCUT2D eigenvalue weighted by Crippen LogP contribution is 2.35. The molecule has 0 radical (unpaired) electrons. The molecule has 5 heteroatoms. The number of benzene rings is 2. The Morgan fingerprint density at radius 1 is 1.00 bits per heavy atom. The van der Waals surface area contributed by atoms with Gasteiger partial charge in [0, 0.05) is 4.92 Å². The first-order valence-electron chi connectivity index (χ1n) is 6.17. The van der Waals surface area contributed by atoms with Crippen molar-refractivity contribution in [2.45, 2.75) is 12.1 Å². The van der Waals surface area contributed by atoms with E-state index in [2.05, 4.69) is 0 Å². The van der Waals surface area contributed by atoms with E-state index in [1.165, 1.54) is 0 Å². The third-order valence-electron chi connectivity index (χ3n) is 3.32. The molecule has 0 N–H and O–H groups in total. The number of fused-ring (bicyclic) bond motifs is 1. The Labute approximate surface area is 115 Å². The van der Waals surface area contributed by atoms with Crippen LogP contribution in [0.25, 0.3) is 0 Å². The molecule has 0 unspecified atom stereocenters. The first-order chi connectivity index (χ1) is 9.68. The third-order valence-corrected chi connectivity index (χ3v) is 3.32. The van der Waals surface area contributed by atoms with E-state index in [0.717, 1.165) is 0 Å². The minimum Gasteiger partial charge on any atom is -0.477 e. The number of Topliss-reactive ketones (excluding diaryl/α,β-unsaturated/α-hetero) is 1. The Morgan fingerprint density at radius 2 is 1.65 bits per heavy atom. The van der Waals surface area contributed by atoms with Crippen molar-refractivity contribution in [2.75, 3.05) is 0 Å². The average Bonchev–Trinajstić information content (AvgIpc) is 2.47. The van der Waals surface area contributed by atoms with Crippen LogP contribution in [0.3, 0.4) is 0 Å². The van der Waals surface area contributed by atoms with Gasteiger partial charge in [-0.1, -0.05) is 42.5 Å². The van der Waals surface area contributed by atoms with Crippen molar-refractivity contribution in [1.82, 2.24) is 0 Å². The van der Waals surface area contributed by atoms with Crippen LogP contribution in [0.15, 0.2) is 54.6 Å². The number of nitrogens with zero attached hydrogens (tertiary/aromatic N) is 1. The van der Waals surface area contributed by atoms with Crippen LogP contribution in [0.1, 0.15) is 22.0 Å². The lowest BCUT2D eigenvalue weighted by atomic mass is 9.92. The molecule has 0 saturated carbocycles. The molecule has 20 heavy (non-hydrogen) atoms. The van der Waals surface area contributed by atoms with Crippen LogP contribution >= 0.6 is 0 Å². The summed E-state index contributed by atoms with van der Waals surface area (Å²) in [4.78, 5) is 23.0. The van der Waals surface area contributed by atoms with Crippen molar-refractivity contribution in [3.05, 3.63) is 75.8 Å². The zero-order valence-electron chi connectivity index (χ0n) is 10.4. The molecule has 0 bridgehead atoms. The quantitative estimate of drug-likeness (QED) is 0.620. The van der Waals surface area contributed by atoms with Crippen LogP contribution in [0.2, 0.25) is 0 Å². The van der Waals surface area contributed by atoms with Gasteiger partial charge in [0.2, 0.25) is 5.78 Å². The van der Waals surface area contributed by atoms with Gasteiger partial charge in [0.25, 0.3) is 0 Å². The largest absolute Gasteiger partial charge is 0.477 e. The number of ketones is 1. The second-order valence-electron chi connectivity index (χ2n) is 4.54. The number of para-hydroxylation sites is 1. The number of hydrogen-bond donors (Lipinski definition) is 0. The molecule has 0 aromatic heterocycles. The van der Waals surface area contributed by atoms with E-state index in [0.29, 0.717) is 11.3 Å². The van der Waals surface area contributed by atoms with Crippen LogP contribution in [0.4, 0.5) is 0 Å². The highest BCUT2D eigenvalue weighted by atomic mass is 16.6. The molecule has 0 fully saturated rings. The molecule has 0 aliphatic carbocycles. The molecule has 2 aromatic rings. The molecule has 3 rings (SSSR count). The van der Waals surface area contributed by atoms with Gasteiger partial charge in [-0.3, -0.25) is 14.9 Å². The molecular formula is C15H11NO4. The van der Waals surface area contributed by atoms with Crippen molar-refractivity contribution in [2.24, 2.45) is 0 Å². The van der Waals surface area contributed by atoms with E-state index < -0.39 is 22.9 Å². The molecule has 0 spiro atoms. The fraction of sp³-hybridized carbons (Fsp3) is 0.133. The molecular weight excluding hydrogens is 258 g/mol. The molecule has 1 aliphatic rings. The fourth-order valence-electron chi connectivity index (χ4n) is 2.37. The number of ether oxygens (including phenoxy) is 1. The van der Waals surface area contributed by atoms with Gasteiger partial charge in [-0.15, -0.1) is 0 Å². The highest BCUT2D eigenvalue weighted by Gasteiger charge is 2.46. The Kier molecular flexibility index (Phi) is 2.95. The van der Waals surface area contributed by atoms with Crippen LogP contribution in [0, 0.1) is 10.1 Å². The zero-order valence-corrected chi connectivity index (χ0v) is 10.4. The molecule has 5 nitrogen and oxygen atoms in total. The van der Waals surface area contributed by atoms with Gasteiger partial charge in [0.15, 0.2) is 6.10 Å². The van der Waals surface area contributed by atoms with Gasteiger partial charge >= 0.3 is 6.04 Å². The van der Waals surface area contributed by atoms with Crippen molar-refractivity contribution in [3.63, 3.8) is 0 Å². The first kappa shape index (κ1) is 12.3. The molecule has 1 aliphatic heterocycles. The van der Waals surface area contributed by atoms with Gasteiger partial charge in [0.05, 0.1) is 5.56 Å². The lowest BCUT2D eigenvalue weighted by Gasteiger charge is -2.27. The molecule has 2 aromatic carbocycles. The van der Waals surface area contributed by atoms with E-state index in [1.54, 1.807) is 48.5 Å². The van der Waals surface area contributed by atoms with Crippen LogP contribution in [-0.4, -0.2) is 16.7 Å². The predicted molar refractivity (Wildman–Crippen MR) is 71.4 cm³/mol. The molecule has 2 atom stereocenters. The summed E-state index contributed by atoms with van der Waals surface area (Å²) in [5.41, 5.74) is 0.887. The maximum Gasteiger partial charge on any atom is 0.315 e. The van der Waals surface area contributed by atoms with E-state index in [4.69, 9.17) is 4.74 Å². The Hall–Kier alpha value is -2.69. The summed E-state index contributed by atoms with van der Waals surface area (Å²) in [6.07, 6.45) is -0.895. The standard InChI is InChI=1S/C15H11NO4/c17-14-11-8-4-5-9-12(11)20-15(13(14)16(18)19)10-6-2-1-3-7-10/h1-9,13,15H/t13-,15+/m0/s1. The fourth-order valence-corrected chi connectivity index (χ4v) is 2.37. The lowest BCUT2D eigenvalue weighted by Crippen LogP contribution is -2.41. The van der Waals surface area contributed by atoms with Crippen LogP contribution < -0.4 is 4.74 Å². The summed E-state index contributed by atoms with van der Waals surface area (Å²) >= 11 is 0. The van der Waals surface area contributed by atoms with Gasteiger partial charge in [-0.25, -0.2) is 0 Å². The topological polar surface area (TPSA) is 69.4 Å². The second kappa shape index (κ2) is 4.77. The van der Waals surface area contributed by atoms with Crippen LogP contribution in [-0.2, 0) is 0 Å². The summed E-state index contributed by atoms with van der Waals surface area (Å²) in [5.74, 6) is -0.116. The van der Waals surface area contributed by atoms with Gasteiger partial charge < -0.3 is 4.74 Å². The lowest BCUT2D eigenvalue weighted by molar-refractivity contribution is -0.517. The summed E-state index contributed by atoms with van der Waals surface area (Å²) < 4.78 is 5.70. The van der Waals surface area contributed by atoms with Crippen molar-refractivity contribution in [3.8, 4) is 5.75 Å². The van der Waals surface area contributed by atoms with E-state index in [9.17, 15) is 14.9 Å². The summed E-state index contributed by atoms with van der Waals surface area (Å²) in [7, 11) is 0. The summed E-state index contributed by atoms with van der Waals surface area (Å²) in [6, 6.07) is 14.0. The third kappa shape index (κ3) is 1.93. The number of carbonyl (C=O) groups is 1. The number of rotatable bonds is 2. The molecule has 0 amide bonds. The normalized spacial score (nSPS) is 20.9. The SMILES string of the molecule is O=C1c2ccccc2O[C@H](c2ccccc2)[C@H]1[N+](=O)[O-]. The predicted octanol–water partition coefficient (Wildman–Crippen LogP) is 2.65. The minimum atomic E-state index is -1.41. The average molecular weight is 269 g/mol. The number of nitro groups is 1.